The zero-order valence-corrected chi connectivity index (χ0v) is 16.7. The summed E-state index contributed by atoms with van der Waals surface area (Å²) < 4.78 is 4.99. The minimum absolute atomic E-state index is 0.0219. The van der Waals surface area contributed by atoms with Gasteiger partial charge < -0.3 is 10.1 Å². The lowest BCUT2D eigenvalue weighted by Gasteiger charge is -2.39. The van der Waals surface area contributed by atoms with Gasteiger partial charge in [0.2, 0.25) is 0 Å². The van der Waals surface area contributed by atoms with Crippen LogP contribution in [0.15, 0.2) is 40.7 Å². The Labute approximate surface area is 163 Å². The molecule has 0 amide bonds. The van der Waals surface area contributed by atoms with E-state index in [1.807, 2.05) is 6.92 Å². The first-order valence-electron chi connectivity index (χ1n) is 8.42. The highest BCUT2D eigenvalue weighted by molar-refractivity contribution is 6.35. The molecule has 3 rings (SSSR count). The maximum atomic E-state index is 13.0. The highest BCUT2D eigenvalue weighted by Crippen LogP contribution is 2.48. The lowest BCUT2D eigenvalue weighted by molar-refractivity contribution is -0.136. The Morgan fingerprint density at radius 1 is 1.27 bits per heavy atom. The molecule has 26 heavy (non-hydrogen) atoms. The Morgan fingerprint density at radius 3 is 2.58 bits per heavy atom. The Bertz CT molecular complexity index is 868. The van der Waals surface area contributed by atoms with Crippen molar-refractivity contribution in [2.24, 2.45) is 5.41 Å². The van der Waals surface area contributed by atoms with Crippen molar-refractivity contribution in [1.82, 2.24) is 5.32 Å². The van der Waals surface area contributed by atoms with Crippen molar-refractivity contribution in [2.45, 2.75) is 39.5 Å². The number of nitrogens with one attached hydrogen (secondary N) is 1. The first-order chi connectivity index (χ1) is 12.1. The number of hydrogen-bond acceptors (Lipinski definition) is 4. The summed E-state index contributed by atoms with van der Waals surface area (Å²) in [6.07, 6.45) is 1.14. The summed E-state index contributed by atoms with van der Waals surface area (Å²) in [5.41, 5.74) is 3.07. The van der Waals surface area contributed by atoms with Gasteiger partial charge in [-0.15, -0.1) is 0 Å². The molecular weight excluding hydrogens is 373 g/mol. The molecule has 4 nitrogen and oxygen atoms in total. The summed E-state index contributed by atoms with van der Waals surface area (Å²) in [4.78, 5) is 25.6. The smallest absolute Gasteiger partial charge is 0.336 e. The summed E-state index contributed by atoms with van der Waals surface area (Å²) in [5, 5.41) is 4.19. The number of Topliss-reactive ketones (excluding diaryl/α,β-unsaturated/α-hetero) is 1. The predicted molar refractivity (Wildman–Crippen MR) is 102 cm³/mol. The molecule has 1 aliphatic carbocycles. The van der Waals surface area contributed by atoms with Crippen LogP contribution in [0.4, 0.5) is 0 Å². The minimum atomic E-state index is -0.563. The van der Waals surface area contributed by atoms with E-state index in [1.165, 1.54) is 7.11 Å². The van der Waals surface area contributed by atoms with E-state index < -0.39 is 11.9 Å². The molecule has 0 aromatic heterocycles. The number of ether oxygens (including phenoxy) is 1. The van der Waals surface area contributed by atoms with Crippen LogP contribution in [-0.2, 0) is 14.3 Å². The van der Waals surface area contributed by atoms with Crippen LogP contribution in [0.2, 0.25) is 10.0 Å². The van der Waals surface area contributed by atoms with Crippen molar-refractivity contribution in [3.05, 3.63) is 56.3 Å². The van der Waals surface area contributed by atoms with Crippen molar-refractivity contribution in [3.63, 3.8) is 0 Å². The Balaban J connectivity index is 2.24. The van der Waals surface area contributed by atoms with Gasteiger partial charge in [-0.25, -0.2) is 4.79 Å². The molecule has 0 spiro atoms. The first kappa shape index (κ1) is 19.0. The Kier molecular flexibility index (Phi) is 4.93. The molecule has 1 aromatic carbocycles. The number of rotatable bonds is 2. The van der Waals surface area contributed by atoms with Gasteiger partial charge in [-0.05, 0) is 36.5 Å². The van der Waals surface area contributed by atoms with Gasteiger partial charge >= 0.3 is 5.97 Å². The van der Waals surface area contributed by atoms with Gasteiger partial charge in [0.25, 0.3) is 0 Å². The molecule has 0 unspecified atom stereocenters. The number of esters is 1. The van der Waals surface area contributed by atoms with Gasteiger partial charge in [-0.2, -0.15) is 0 Å². The highest BCUT2D eigenvalue weighted by atomic mass is 35.5. The fraction of sp³-hybridized carbons (Fsp3) is 0.400. The number of methoxy groups -OCH3 is 1. The lowest BCUT2D eigenvalue weighted by Crippen LogP contribution is -2.38. The van der Waals surface area contributed by atoms with Crippen LogP contribution in [0.5, 0.6) is 0 Å². The zero-order chi connectivity index (χ0) is 19.2. The molecule has 2 aliphatic rings. The van der Waals surface area contributed by atoms with E-state index in [4.69, 9.17) is 27.9 Å². The molecule has 1 aromatic rings. The average Bonchev–Trinajstić information content (AvgIpc) is 2.51. The third kappa shape index (κ3) is 3.28. The molecule has 0 radical (unpaired) electrons. The van der Waals surface area contributed by atoms with E-state index >= 15 is 0 Å². The predicted octanol–water partition coefficient (Wildman–Crippen LogP) is 4.77. The molecule has 0 saturated carbocycles. The number of halogens is 2. The molecular formula is C20H21Cl2NO3. The van der Waals surface area contributed by atoms with E-state index in [0.717, 1.165) is 12.1 Å². The molecule has 0 fully saturated rings. The van der Waals surface area contributed by atoms with Crippen molar-refractivity contribution in [3.8, 4) is 0 Å². The second-order valence-corrected chi connectivity index (χ2v) is 8.43. The van der Waals surface area contributed by atoms with E-state index in [9.17, 15) is 9.59 Å². The van der Waals surface area contributed by atoms with Crippen molar-refractivity contribution < 1.29 is 14.3 Å². The minimum Gasteiger partial charge on any atom is -0.466 e. The average molecular weight is 394 g/mol. The number of allylic oxidation sites excluding steroid dienone is 3. The van der Waals surface area contributed by atoms with Crippen LogP contribution in [0.1, 0.15) is 45.1 Å². The van der Waals surface area contributed by atoms with Crippen LogP contribution >= 0.6 is 23.2 Å². The number of carbonyl (C=O) groups excluding carboxylic acids is 2. The van der Waals surface area contributed by atoms with Gasteiger partial charge in [0.05, 0.1) is 12.7 Å². The third-order valence-corrected chi connectivity index (χ3v) is 5.48. The van der Waals surface area contributed by atoms with E-state index in [-0.39, 0.29) is 11.2 Å². The van der Waals surface area contributed by atoms with Gasteiger partial charge in [-0.3, -0.25) is 4.79 Å². The highest BCUT2D eigenvalue weighted by Gasteiger charge is 2.43. The maximum Gasteiger partial charge on any atom is 0.336 e. The molecule has 1 aliphatic heterocycles. The van der Waals surface area contributed by atoms with Crippen LogP contribution < -0.4 is 5.32 Å². The molecule has 1 heterocycles. The fourth-order valence-electron chi connectivity index (χ4n) is 3.86. The van der Waals surface area contributed by atoms with Crippen LogP contribution in [-0.4, -0.2) is 18.9 Å². The number of carbonyl (C=O) groups is 2. The number of dihydropyridines is 1. The molecule has 1 atom stereocenters. The normalized spacial score (nSPS) is 22.1. The van der Waals surface area contributed by atoms with Crippen LogP contribution in [0, 0.1) is 5.41 Å². The second-order valence-electron chi connectivity index (χ2n) is 7.59. The Morgan fingerprint density at radius 2 is 1.96 bits per heavy atom. The number of hydrogen-bond donors (Lipinski definition) is 1. The van der Waals surface area contributed by atoms with E-state index in [0.29, 0.717) is 38.9 Å². The first-order valence-corrected chi connectivity index (χ1v) is 9.17. The summed E-state index contributed by atoms with van der Waals surface area (Å²) in [7, 11) is 1.33. The number of ketones is 1. The second kappa shape index (κ2) is 6.75. The summed E-state index contributed by atoms with van der Waals surface area (Å²) in [5.74, 6) is -1.02. The van der Waals surface area contributed by atoms with Gasteiger partial charge in [0.15, 0.2) is 5.78 Å². The topological polar surface area (TPSA) is 55.4 Å². The van der Waals surface area contributed by atoms with Gasteiger partial charge in [0.1, 0.15) is 0 Å². The van der Waals surface area contributed by atoms with Crippen molar-refractivity contribution >= 4 is 35.0 Å². The van der Waals surface area contributed by atoms with Crippen molar-refractivity contribution in [2.75, 3.05) is 7.11 Å². The third-order valence-electron chi connectivity index (χ3n) is 4.92. The van der Waals surface area contributed by atoms with Gasteiger partial charge in [-0.1, -0.05) is 43.1 Å². The fourth-order valence-corrected chi connectivity index (χ4v) is 4.38. The molecule has 1 N–H and O–H groups in total. The molecule has 138 valence electrons. The molecule has 6 heteroatoms. The zero-order valence-electron chi connectivity index (χ0n) is 15.2. The lowest BCUT2D eigenvalue weighted by atomic mass is 9.68. The maximum absolute atomic E-state index is 13.0. The van der Waals surface area contributed by atoms with E-state index in [2.05, 4.69) is 19.2 Å². The van der Waals surface area contributed by atoms with Gasteiger partial charge in [0, 0.05) is 39.4 Å². The quantitative estimate of drug-likeness (QED) is 0.735. The largest absolute Gasteiger partial charge is 0.466 e. The van der Waals surface area contributed by atoms with Crippen LogP contribution in [0.3, 0.4) is 0 Å². The Hall–Kier alpha value is -1.78. The summed E-state index contributed by atoms with van der Waals surface area (Å²) in [6, 6.07) is 5.11. The summed E-state index contributed by atoms with van der Waals surface area (Å²) in [6.45, 7) is 5.95. The molecule has 0 bridgehead atoms. The SMILES string of the molecule is COC(=O)C1=C(C)NC2=C(C(=O)CC(C)(C)C2)[C@H]1c1ccc(Cl)cc1Cl. The van der Waals surface area contributed by atoms with E-state index in [1.54, 1.807) is 18.2 Å². The van der Waals surface area contributed by atoms with Crippen molar-refractivity contribution in [1.29, 1.82) is 0 Å². The standard InChI is InChI=1S/C20H21Cl2NO3/c1-10-16(19(25)26-4)17(12-6-5-11(21)7-13(12)22)18-14(23-10)8-20(2,3)9-15(18)24/h5-7,17,23H,8-9H2,1-4H3/t17-/m0/s1. The van der Waals surface area contributed by atoms with Crippen LogP contribution in [0.25, 0.3) is 0 Å². The summed E-state index contributed by atoms with van der Waals surface area (Å²) >= 11 is 12.5. The monoisotopic (exact) mass is 393 g/mol. The molecule has 0 saturated heterocycles. The number of benzene rings is 1.